The fourth-order valence-corrected chi connectivity index (χ4v) is 4.26. The molecule has 1 heterocycles. The van der Waals surface area contributed by atoms with Gasteiger partial charge in [-0.2, -0.15) is 0 Å². The maximum Gasteiger partial charge on any atom is 0.292 e. The van der Waals surface area contributed by atoms with E-state index < -0.39 is 4.92 Å². The van der Waals surface area contributed by atoms with Crippen molar-refractivity contribution in [2.75, 3.05) is 11.1 Å². The molecule has 0 atom stereocenters. The van der Waals surface area contributed by atoms with Crippen molar-refractivity contribution >= 4 is 45.0 Å². The maximum absolute atomic E-state index is 12.5. The number of hydrogen-bond acceptors (Lipinski definition) is 6. The molecule has 8 nitrogen and oxygen atoms in total. The first-order valence-corrected chi connectivity index (χ1v) is 11.2. The predicted molar refractivity (Wildman–Crippen MR) is 127 cm³/mol. The van der Waals surface area contributed by atoms with E-state index in [2.05, 4.69) is 31.4 Å². The van der Waals surface area contributed by atoms with Gasteiger partial charge in [-0.1, -0.05) is 76.2 Å². The topological polar surface area (TPSA) is 103 Å². The highest BCUT2D eigenvalue weighted by Gasteiger charge is 2.20. The fourth-order valence-electron chi connectivity index (χ4n) is 3.05. The number of aromatic nitrogens is 3. The minimum absolute atomic E-state index is 0.00692. The van der Waals surface area contributed by atoms with Crippen molar-refractivity contribution in [2.45, 2.75) is 5.16 Å². The van der Waals surface area contributed by atoms with Gasteiger partial charge in [0.25, 0.3) is 5.69 Å². The third-order valence-electron chi connectivity index (χ3n) is 4.47. The van der Waals surface area contributed by atoms with Crippen molar-refractivity contribution in [3.05, 3.63) is 93.4 Å². The molecule has 4 aromatic rings. The highest BCUT2D eigenvalue weighted by Crippen LogP contribution is 2.32. The van der Waals surface area contributed by atoms with Crippen LogP contribution in [0.5, 0.6) is 0 Å². The number of anilines is 1. The second kappa shape index (κ2) is 9.75. The van der Waals surface area contributed by atoms with E-state index in [0.29, 0.717) is 11.0 Å². The summed E-state index contributed by atoms with van der Waals surface area (Å²) in [5.74, 6) is 0.257. The number of thioether (sulfide) groups is 1. The summed E-state index contributed by atoms with van der Waals surface area (Å²) in [5, 5.41) is 23.0. The van der Waals surface area contributed by atoms with Crippen LogP contribution >= 0.6 is 27.7 Å². The maximum atomic E-state index is 12.5. The summed E-state index contributed by atoms with van der Waals surface area (Å²) < 4.78 is 2.75. The smallest absolute Gasteiger partial charge is 0.292 e. The molecular weight excluding hydrogens is 494 g/mol. The van der Waals surface area contributed by atoms with Crippen LogP contribution in [0.4, 0.5) is 11.4 Å². The molecule has 4 rings (SSSR count). The minimum atomic E-state index is -0.529. The highest BCUT2D eigenvalue weighted by molar-refractivity contribution is 9.10. The summed E-state index contributed by atoms with van der Waals surface area (Å²) in [7, 11) is 0. The van der Waals surface area contributed by atoms with Gasteiger partial charge in [0.15, 0.2) is 11.0 Å². The van der Waals surface area contributed by atoms with Crippen LogP contribution in [0.25, 0.3) is 17.1 Å². The Hall–Kier alpha value is -3.50. The van der Waals surface area contributed by atoms with E-state index >= 15 is 0 Å². The van der Waals surface area contributed by atoms with Crippen molar-refractivity contribution in [1.29, 1.82) is 0 Å². The van der Waals surface area contributed by atoms with Crippen LogP contribution in [0, 0.1) is 10.1 Å². The van der Waals surface area contributed by atoms with E-state index in [1.54, 1.807) is 12.1 Å². The number of halogens is 1. The number of rotatable bonds is 7. The lowest BCUT2D eigenvalue weighted by Gasteiger charge is -2.11. The molecule has 0 radical (unpaired) electrons. The molecule has 0 spiro atoms. The summed E-state index contributed by atoms with van der Waals surface area (Å²) in [4.78, 5) is 23.2. The van der Waals surface area contributed by atoms with Gasteiger partial charge in [0.2, 0.25) is 5.91 Å². The Labute approximate surface area is 196 Å². The number of nitrogens with one attached hydrogen (secondary N) is 1. The molecule has 3 aromatic carbocycles. The molecule has 0 fully saturated rings. The average Bonchev–Trinajstić information content (AvgIpc) is 3.22. The normalized spacial score (nSPS) is 10.7. The Balaban J connectivity index is 1.60. The summed E-state index contributed by atoms with van der Waals surface area (Å²) >= 11 is 4.76. The van der Waals surface area contributed by atoms with E-state index in [-0.39, 0.29) is 23.0 Å². The molecule has 0 aliphatic carbocycles. The molecular formula is C22H16BrN5O3S. The zero-order valence-electron chi connectivity index (χ0n) is 16.5. The van der Waals surface area contributed by atoms with E-state index in [9.17, 15) is 14.9 Å². The van der Waals surface area contributed by atoms with Crippen molar-refractivity contribution in [1.82, 2.24) is 14.8 Å². The van der Waals surface area contributed by atoms with Crippen LogP contribution in [-0.2, 0) is 4.79 Å². The zero-order chi connectivity index (χ0) is 22.5. The second-order valence-electron chi connectivity index (χ2n) is 6.57. The number of nitrogens with zero attached hydrogens (tertiary/aromatic N) is 4. The fraction of sp³-hybridized carbons (Fsp3) is 0.0455. The van der Waals surface area contributed by atoms with Crippen molar-refractivity contribution in [3.63, 3.8) is 0 Å². The molecule has 0 unspecified atom stereocenters. The molecule has 1 amide bonds. The summed E-state index contributed by atoms with van der Waals surface area (Å²) in [5.41, 5.74) is 1.71. The van der Waals surface area contributed by atoms with Crippen LogP contribution in [0.3, 0.4) is 0 Å². The third kappa shape index (κ3) is 4.71. The third-order valence-corrected chi connectivity index (χ3v) is 6.09. The first kappa shape index (κ1) is 21.7. The Bertz CT molecular complexity index is 1280. The van der Waals surface area contributed by atoms with E-state index in [1.807, 2.05) is 59.2 Å². The van der Waals surface area contributed by atoms with E-state index in [4.69, 9.17) is 0 Å². The highest BCUT2D eigenvalue weighted by atomic mass is 79.9. The number of carbonyl (C=O) groups is 1. The molecule has 0 aliphatic rings. The molecule has 1 aromatic heterocycles. The van der Waals surface area contributed by atoms with Gasteiger partial charge in [-0.05, 0) is 24.3 Å². The zero-order valence-corrected chi connectivity index (χ0v) is 18.9. The molecule has 0 saturated carbocycles. The lowest BCUT2D eigenvalue weighted by Crippen LogP contribution is -2.15. The minimum Gasteiger partial charge on any atom is -0.320 e. The van der Waals surface area contributed by atoms with Gasteiger partial charge in [0, 0.05) is 21.8 Å². The summed E-state index contributed by atoms with van der Waals surface area (Å²) in [6.07, 6.45) is 0. The van der Waals surface area contributed by atoms with Gasteiger partial charge in [0.05, 0.1) is 10.7 Å². The van der Waals surface area contributed by atoms with Crippen LogP contribution in [-0.4, -0.2) is 31.3 Å². The first-order chi connectivity index (χ1) is 15.5. The Kier molecular flexibility index (Phi) is 6.62. The molecule has 160 valence electrons. The van der Waals surface area contributed by atoms with Crippen LogP contribution in [0.15, 0.2) is 88.5 Å². The number of hydrogen-bond donors (Lipinski definition) is 1. The van der Waals surface area contributed by atoms with Crippen molar-refractivity contribution in [3.8, 4) is 17.1 Å². The lowest BCUT2D eigenvalue weighted by molar-refractivity contribution is -0.383. The second-order valence-corrected chi connectivity index (χ2v) is 8.36. The van der Waals surface area contributed by atoms with Gasteiger partial charge >= 0.3 is 0 Å². The Morgan fingerprint density at radius 2 is 1.69 bits per heavy atom. The van der Waals surface area contributed by atoms with E-state index in [1.165, 1.54) is 23.9 Å². The number of nitro benzene ring substituents is 1. The standard InChI is InChI=1S/C22H16BrN5O3S/c23-17-11-5-4-10-16(17)21-25-26-22(27(21)15-8-2-1-3-9-15)32-14-20(29)24-18-12-6-7-13-19(18)28(30)31/h1-13H,14H2,(H,24,29). The SMILES string of the molecule is O=C(CSc1nnc(-c2ccccc2Br)n1-c1ccccc1)Nc1ccccc1[N+](=O)[O-]. The molecule has 1 N–H and O–H groups in total. The van der Waals surface area contributed by atoms with Crippen LogP contribution in [0.1, 0.15) is 0 Å². The number of para-hydroxylation sites is 3. The number of amides is 1. The first-order valence-electron chi connectivity index (χ1n) is 9.46. The molecule has 32 heavy (non-hydrogen) atoms. The van der Waals surface area contributed by atoms with Gasteiger partial charge in [-0.25, -0.2) is 0 Å². The Morgan fingerprint density at radius 1 is 1.00 bits per heavy atom. The summed E-state index contributed by atoms with van der Waals surface area (Å²) in [6, 6.07) is 23.3. The number of carbonyl (C=O) groups excluding carboxylic acids is 1. The van der Waals surface area contributed by atoms with E-state index in [0.717, 1.165) is 15.7 Å². The average molecular weight is 510 g/mol. The van der Waals surface area contributed by atoms with Gasteiger partial charge in [-0.3, -0.25) is 19.5 Å². The van der Waals surface area contributed by atoms with Crippen LogP contribution < -0.4 is 5.32 Å². The van der Waals surface area contributed by atoms with Crippen LogP contribution in [0.2, 0.25) is 0 Å². The monoisotopic (exact) mass is 509 g/mol. The number of benzene rings is 3. The lowest BCUT2D eigenvalue weighted by atomic mass is 10.2. The predicted octanol–water partition coefficient (Wildman–Crippen LogP) is 5.34. The van der Waals surface area contributed by atoms with Gasteiger partial charge in [0.1, 0.15) is 5.69 Å². The molecule has 0 bridgehead atoms. The molecule has 10 heteroatoms. The van der Waals surface area contributed by atoms with Gasteiger partial charge < -0.3 is 5.32 Å². The summed E-state index contributed by atoms with van der Waals surface area (Å²) in [6.45, 7) is 0. The molecule has 0 aliphatic heterocycles. The number of nitro groups is 1. The molecule has 0 saturated heterocycles. The van der Waals surface area contributed by atoms with Crippen molar-refractivity contribution in [2.24, 2.45) is 0 Å². The Morgan fingerprint density at radius 3 is 2.44 bits per heavy atom. The van der Waals surface area contributed by atoms with Gasteiger partial charge in [-0.15, -0.1) is 10.2 Å². The largest absolute Gasteiger partial charge is 0.320 e. The van der Waals surface area contributed by atoms with Crippen molar-refractivity contribution < 1.29 is 9.72 Å². The quantitative estimate of drug-likeness (QED) is 0.205.